The topological polar surface area (TPSA) is 34.1 Å². The molecule has 1 aromatic carbocycles. The van der Waals surface area contributed by atoms with Crippen molar-refractivity contribution in [3.05, 3.63) is 42.5 Å². The Morgan fingerprint density at radius 2 is 1.65 bits per heavy atom. The molecule has 0 saturated carbocycles. The van der Waals surface area contributed by atoms with Crippen molar-refractivity contribution < 1.29 is 8.42 Å². The summed E-state index contributed by atoms with van der Waals surface area (Å²) in [6.45, 7) is 11.5. The van der Waals surface area contributed by atoms with Crippen LogP contribution in [0.25, 0.3) is 0 Å². The molecule has 1 aromatic rings. The van der Waals surface area contributed by atoms with E-state index in [0.717, 1.165) is 5.56 Å². The van der Waals surface area contributed by atoms with Gasteiger partial charge in [0, 0.05) is 0 Å². The van der Waals surface area contributed by atoms with Crippen LogP contribution in [0, 0.1) is 0 Å². The van der Waals surface area contributed by atoms with E-state index < -0.39 is 15.1 Å². The molecular weight excluding hydrogens is 232 g/mol. The van der Waals surface area contributed by atoms with Crippen LogP contribution in [0.2, 0.25) is 0 Å². The Morgan fingerprint density at radius 1 is 1.18 bits per heavy atom. The second-order valence-electron chi connectivity index (χ2n) is 5.26. The molecule has 1 unspecified atom stereocenters. The van der Waals surface area contributed by atoms with Gasteiger partial charge in [-0.15, -0.1) is 6.58 Å². The van der Waals surface area contributed by atoms with E-state index in [4.69, 9.17) is 0 Å². The summed E-state index contributed by atoms with van der Waals surface area (Å²) in [5, 5.41) is -0.553. The second-order valence-corrected chi connectivity index (χ2v) is 7.57. The van der Waals surface area contributed by atoms with Gasteiger partial charge in [-0.05, 0) is 30.0 Å². The first kappa shape index (κ1) is 14.0. The Bertz CT molecular complexity index is 490. The molecule has 0 heterocycles. The number of rotatable bonds is 3. The van der Waals surface area contributed by atoms with Crippen molar-refractivity contribution >= 4 is 9.84 Å². The van der Waals surface area contributed by atoms with Crippen molar-refractivity contribution in [2.24, 2.45) is 0 Å². The van der Waals surface area contributed by atoms with Crippen molar-refractivity contribution in [1.29, 1.82) is 0 Å². The number of hydrogen-bond acceptors (Lipinski definition) is 2. The SMILES string of the molecule is C=CC(C)S(=O)(=O)c1ccc(C(C)(C)C)cc1. The fourth-order valence-corrected chi connectivity index (χ4v) is 2.68. The van der Waals surface area contributed by atoms with Crippen LogP contribution >= 0.6 is 0 Å². The quantitative estimate of drug-likeness (QED) is 0.773. The predicted molar refractivity (Wildman–Crippen MR) is 72.0 cm³/mol. The van der Waals surface area contributed by atoms with Gasteiger partial charge in [0.05, 0.1) is 10.1 Å². The molecule has 0 spiro atoms. The molecule has 0 saturated heterocycles. The molecule has 0 fully saturated rings. The van der Waals surface area contributed by atoms with Gasteiger partial charge < -0.3 is 0 Å². The Kier molecular flexibility index (Phi) is 3.82. The minimum absolute atomic E-state index is 0.0341. The molecule has 0 aromatic heterocycles. The van der Waals surface area contributed by atoms with Crippen molar-refractivity contribution in [3.63, 3.8) is 0 Å². The fraction of sp³-hybridized carbons (Fsp3) is 0.429. The summed E-state index contributed by atoms with van der Waals surface area (Å²) >= 11 is 0. The average molecular weight is 252 g/mol. The first-order valence-corrected chi connectivity index (χ1v) is 7.21. The summed E-state index contributed by atoms with van der Waals surface area (Å²) in [5.41, 5.74) is 1.16. The molecule has 0 radical (unpaired) electrons. The summed E-state index contributed by atoms with van der Waals surface area (Å²) < 4.78 is 24.1. The van der Waals surface area contributed by atoms with E-state index >= 15 is 0 Å². The molecule has 0 amide bonds. The zero-order valence-electron chi connectivity index (χ0n) is 10.9. The van der Waals surface area contributed by atoms with Crippen molar-refractivity contribution in [2.45, 2.75) is 43.3 Å². The van der Waals surface area contributed by atoms with Crippen LogP contribution in [0.15, 0.2) is 41.8 Å². The van der Waals surface area contributed by atoms with Gasteiger partial charge in [-0.1, -0.05) is 39.0 Å². The normalized spacial score (nSPS) is 14.4. The third kappa shape index (κ3) is 2.97. The number of sulfone groups is 1. The lowest BCUT2D eigenvalue weighted by molar-refractivity contribution is 0.584. The Morgan fingerprint density at radius 3 is 2.00 bits per heavy atom. The molecule has 2 nitrogen and oxygen atoms in total. The summed E-state index contributed by atoms with van der Waals surface area (Å²) in [5.74, 6) is 0. The predicted octanol–water partition coefficient (Wildman–Crippen LogP) is 3.33. The molecular formula is C14H20O2S. The van der Waals surface area contributed by atoms with Crippen LogP contribution in [0.5, 0.6) is 0 Å². The van der Waals surface area contributed by atoms with Crippen LogP contribution in [0.4, 0.5) is 0 Å². The highest BCUT2D eigenvalue weighted by molar-refractivity contribution is 7.92. The molecule has 0 aliphatic carbocycles. The molecule has 0 N–H and O–H groups in total. The third-order valence-corrected chi connectivity index (χ3v) is 4.97. The maximum atomic E-state index is 12.1. The monoisotopic (exact) mass is 252 g/mol. The van der Waals surface area contributed by atoms with Gasteiger partial charge in [0.25, 0.3) is 0 Å². The fourth-order valence-electron chi connectivity index (χ4n) is 1.49. The molecule has 3 heteroatoms. The van der Waals surface area contributed by atoms with Crippen LogP contribution in [0.1, 0.15) is 33.3 Å². The van der Waals surface area contributed by atoms with Gasteiger partial charge in [-0.2, -0.15) is 0 Å². The van der Waals surface area contributed by atoms with Crippen LogP contribution in [-0.4, -0.2) is 13.7 Å². The molecule has 17 heavy (non-hydrogen) atoms. The Balaban J connectivity index is 3.16. The first-order valence-electron chi connectivity index (χ1n) is 5.66. The van der Waals surface area contributed by atoms with E-state index in [-0.39, 0.29) is 5.41 Å². The highest BCUT2D eigenvalue weighted by atomic mass is 32.2. The molecule has 1 rings (SSSR count). The van der Waals surface area contributed by atoms with Gasteiger partial charge in [-0.3, -0.25) is 0 Å². The lowest BCUT2D eigenvalue weighted by atomic mass is 9.87. The van der Waals surface area contributed by atoms with Crippen LogP contribution in [-0.2, 0) is 15.3 Å². The molecule has 1 atom stereocenters. The van der Waals surface area contributed by atoms with Gasteiger partial charge in [0.2, 0.25) is 0 Å². The largest absolute Gasteiger partial charge is 0.223 e. The average Bonchev–Trinajstić information content (AvgIpc) is 2.27. The highest BCUT2D eigenvalue weighted by Crippen LogP contribution is 2.24. The summed E-state index contributed by atoms with van der Waals surface area (Å²) in [6, 6.07) is 7.11. The summed E-state index contributed by atoms with van der Waals surface area (Å²) in [4.78, 5) is 0.359. The smallest absolute Gasteiger partial charge is 0.184 e. The Hall–Kier alpha value is -1.09. The molecule has 0 bridgehead atoms. The van der Waals surface area contributed by atoms with Gasteiger partial charge in [-0.25, -0.2) is 8.42 Å². The first-order chi connectivity index (χ1) is 7.69. The summed E-state index contributed by atoms with van der Waals surface area (Å²) in [7, 11) is -3.27. The molecule has 0 aliphatic heterocycles. The number of hydrogen-bond donors (Lipinski definition) is 0. The maximum Gasteiger partial charge on any atom is 0.184 e. The molecule has 0 aliphatic rings. The Labute approximate surface area is 104 Å². The van der Waals surface area contributed by atoms with E-state index in [2.05, 4.69) is 27.4 Å². The summed E-state index contributed by atoms with van der Waals surface area (Å²) in [6.07, 6.45) is 1.45. The van der Waals surface area contributed by atoms with Crippen molar-refractivity contribution in [2.75, 3.05) is 0 Å². The third-order valence-electron chi connectivity index (χ3n) is 2.87. The van der Waals surface area contributed by atoms with Gasteiger partial charge in [0.1, 0.15) is 0 Å². The zero-order chi connectivity index (χ0) is 13.3. The maximum absolute atomic E-state index is 12.1. The molecule has 94 valence electrons. The van der Waals surface area contributed by atoms with E-state index in [0.29, 0.717) is 4.90 Å². The van der Waals surface area contributed by atoms with Gasteiger partial charge in [0.15, 0.2) is 9.84 Å². The van der Waals surface area contributed by atoms with Crippen molar-refractivity contribution in [3.8, 4) is 0 Å². The van der Waals surface area contributed by atoms with E-state index in [1.54, 1.807) is 19.1 Å². The van der Waals surface area contributed by atoms with E-state index in [9.17, 15) is 8.42 Å². The lowest BCUT2D eigenvalue weighted by Gasteiger charge is -2.19. The van der Waals surface area contributed by atoms with Gasteiger partial charge >= 0.3 is 0 Å². The lowest BCUT2D eigenvalue weighted by Crippen LogP contribution is -2.16. The zero-order valence-corrected chi connectivity index (χ0v) is 11.7. The van der Waals surface area contributed by atoms with Crippen LogP contribution < -0.4 is 0 Å². The van der Waals surface area contributed by atoms with Crippen LogP contribution in [0.3, 0.4) is 0 Å². The van der Waals surface area contributed by atoms with Crippen molar-refractivity contribution in [1.82, 2.24) is 0 Å². The standard InChI is InChI=1S/C14H20O2S/c1-6-11(2)17(15,16)13-9-7-12(8-10-13)14(3,4)5/h6-11H,1H2,2-5H3. The minimum Gasteiger partial charge on any atom is -0.223 e. The second kappa shape index (κ2) is 4.65. The number of benzene rings is 1. The highest BCUT2D eigenvalue weighted by Gasteiger charge is 2.21. The minimum atomic E-state index is -3.27. The van der Waals surface area contributed by atoms with E-state index in [1.165, 1.54) is 6.08 Å². The van der Waals surface area contributed by atoms with E-state index in [1.807, 2.05) is 12.1 Å².